The van der Waals surface area contributed by atoms with Gasteiger partial charge in [0, 0.05) is 92.2 Å². The number of pyridine rings is 2. The number of hydrazine groups is 1. The number of aryl methyl sites for hydroxylation is 1. The number of aromatic nitrogens is 3. The molecule has 45 heavy (non-hydrogen) atoms. The number of benzene rings is 2. The Labute approximate surface area is 259 Å². The summed E-state index contributed by atoms with van der Waals surface area (Å²) < 4.78 is 2.22. The molecule has 0 spiro atoms. The van der Waals surface area contributed by atoms with Crippen molar-refractivity contribution in [2.45, 2.75) is 19.5 Å². The fourth-order valence-corrected chi connectivity index (χ4v) is 6.81. The molecule has 2 saturated heterocycles. The summed E-state index contributed by atoms with van der Waals surface area (Å²) in [6.45, 7) is 4.88. The number of piperazine rings is 1. The number of hydrogen-bond donors (Lipinski definition) is 1. The standard InChI is InChI=1S/C34H32N8O3/c1-38-29-8-10-35-19-28(29)27-6-3-23(17-30(27)38)24-4-7-31(36-18-24)40-14-12-39(13-15-40)20-22-2-5-26-25(16-22)21-42(33(26)44)41-11-9-32(43)37-34(41)45/h2-8,10,16-19H,9,11-15,20-21H2,1H3,(H,37,43,45). The number of urea groups is 1. The van der Waals surface area contributed by atoms with E-state index in [1.165, 1.54) is 26.4 Å². The van der Waals surface area contributed by atoms with Crippen LogP contribution in [0, 0.1) is 0 Å². The van der Waals surface area contributed by atoms with E-state index in [2.05, 4.69) is 74.2 Å². The molecule has 0 atom stereocenters. The number of rotatable bonds is 5. The number of carbonyl (C=O) groups is 3. The summed E-state index contributed by atoms with van der Waals surface area (Å²) in [5.74, 6) is 0.457. The van der Waals surface area contributed by atoms with Gasteiger partial charge < -0.3 is 9.47 Å². The molecule has 4 amide bonds. The zero-order chi connectivity index (χ0) is 30.7. The van der Waals surface area contributed by atoms with Gasteiger partial charge in [0.2, 0.25) is 5.91 Å². The van der Waals surface area contributed by atoms with Crippen LogP contribution in [0.5, 0.6) is 0 Å². The summed E-state index contributed by atoms with van der Waals surface area (Å²) in [6, 6.07) is 18.3. The molecular weight excluding hydrogens is 568 g/mol. The molecule has 3 aromatic heterocycles. The van der Waals surface area contributed by atoms with Crippen LogP contribution < -0.4 is 10.2 Å². The van der Waals surface area contributed by atoms with Gasteiger partial charge in [-0.1, -0.05) is 24.3 Å². The lowest BCUT2D eigenvalue weighted by molar-refractivity contribution is -0.123. The van der Waals surface area contributed by atoms with Crippen LogP contribution in [-0.4, -0.2) is 80.0 Å². The number of imide groups is 1. The summed E-state index contributed by atoms with van der Waals surface area (Å²) >= 11 is 0. The first kappa shape index (κ1) is 27.3. The number of nitrogens with zero attached hydrogens (tertiary/aromatic N) is 7. The minimum Gasteiger partial charge on any atom is -0.354 e. The van der Waals surface area contributed by atoms with Crippen molar-refractivity contribution in [1.82, 2.24) is 34.8 Å². The summed E-state index contributed by atoms with van der Waals surface area (Å²) in [6.07, 6.45) is 5.91. The van der Waals surface area contributed by atoms with Crippen LogP contribution in [0.2, 0.25) is 0 Å². The van der Waals surface area contributed by atoms with E-state index >= 15 is 0 Å². The molecular formula is C34H32N8O3. The second-order valence-corrected chi connectivity index (χ2v) is 11.9. The number of fused-ring (bicyclic) bond motifs is 4. The maximum Gasteiger partial charge on any atom is 0.342 e. The van der Waals surface area contributed by atoms with Crippen LogP contribution in [-0.2, 0) is 24.9 Å². The highest BCUT2D eigenvalue weighted by molar-refractivity contribution is 6.08. The molecule has 0 aliphatic carbocycles. The molecule has 0 radical (unpaired) electrons. The Hall–Kier alpha value is -5.29. The van der Waals surface area contributed by atoms with Gasteiger partial charge >= 0.3 is 6.03 Å². The predicted octanol–water partition coefficient (Wildman–Crippen LogP) is 3.92. The first-order chi connectivity index (χ1) is 21.9. The van der Waals surface area contributed by atoms with Gasteiger partial charge in [0.15, 0.2) is 0 Å². The van der Waals surface area contributed by atoms with Crippen LogP contribution in [0.25, 0.3) is 32.9 Å². The van der Waals surface area contributed by atoms with E-state index < -0.39 is 6.03 Å². The number of amides is 4. The van der Waals surface area contributed by atoms with Crippen LogP contribution >= 0.6 is 0 Å². The average Bonchev–Trinajstić information content (AvgIpc) is 3.54. The van der Waals surface area contributed by atoms with Gasteiger partial charge in [0.1, 0.15) is 5.82 Å². The molecule has 2 fully saturated rings. The minimum absolute atomic E-state index is 0.184. The summed E-state index contributed by atoms with van der Waals surface area (Å²) in [5, 5.41) is 7.43. The van der Waals surface area contributed by atoms with Gasteiger partial charge in [-0.05, 0) is 47.0 Å². The summed E-state index contributed by atoms with van der Waals surface area (Å²) in [5.41, 5.74) is 7.22. The molecule has 11 nitrogen and oxygen atoms in total. The molecule has 5 aromatic rings. The molecule has 6 heterocycles. The largest absolute Gasteiger partial charge is 0.354 e. The van der Waals surface area contributed by atoms with Crippen molar-refractivity contribution < 1.29 is 14.4 Å². The molecule has 2 aromatic carbocycles. The number of nitrogens with one attached hydrogen (secondary N) is 1. The summed E-state index contributed by atoms with van der Waals surface area (Å²) in [4.78, 5) is 50.7. The van der Waals surface area contributed by atoms with Gasteiger partial charge in [-0.2, -0.15) is 0 Å². The highest BCUT2D eigenvalue weighted by Crippen LogP contribution is 2.32. The zero-order valence-electron chi connectivity index (χ0n) is 24.9. The smallest absolute Gasteiger partial charge is 0.342 e. The third-order valence-corrected chi connectivity index (χ3v) is 9.27. The maximum absolute atomic E-state index is 13.0. The Kier molecular flexibility index (Phi) is 6.49. The number of anilines is 1. The Morgan fingerprint density at radius 3 is 2.44 bits per heavy atom. The van der Waals surface area contributed by atoms with Gasteiger partial charge in [0.05, 0.1) is 18.6 Å². The van der Waals surface area contributed by atoms with Crippen LogP contribution in [0.1, 0.15) is 27.9 Å². The lowest BCUT2D eigenvalue weighted by atomic mass is 10.1. The van der Waals surface area contributed by atoms with Crippen molar-refractivity contribution in [3.8, 4) is 11.1 Å². The second kappa shape index (κ2) is 10.7. The van der Waals surface area contributed by atoms with E-state index in [1.807, 2.05) is 30.7 Å². The minimum atomic E-state index is -0.546. The van der Waals surface area contributed by atoms with Crippen LogP contribution in [0.15, 0.2) is 73.2 Å². The fourth-order valence-electron chi connectivity index (χ4n) is 6.81. The highest BCUT2D eigenvalue weighted by atomic mass is 16.2. The Morgan fingerprint density at radius 2 is 1.64 bits per heavy atom. The SMILES string of the molecule is Cn1c2ccncc2c2ccc(-c3ccc(N4CCN(Cc5ccc6c(c5)CN(N5CCC(=O)NC5=O)C6=O)CC4)nc3)cc21. The third kappa shape index (κ3) is 4.76. The molecule has 0 saturated carbocycles. The van der Waals surface area contributed by atoms with E-state index in [0.717, 1.165) is 66.2 Å². The van der Waals surface area contributed by atoms with E-state index in [4.69, 9.17) is 4.98 Å². The van der Waals surface area contributed by atoms with Crippen molar-refractivity contribution in [1.29, 1.82) is 0 Å². The monoisotopic (exact) mass is 600 g/mol. The van der Waals surface area contributed by atoms with Gasteiger partial charge in [-0.25, -0.2) is 19.8 Å². The zero-order valence-corrected chi connectivity index (χ0v) is 24.9. The highest BCUT2D eigenvalue weighted by Gasteiger charge is 2.37. The quantitative estimate of drug-likeness (QED) is 0.326. The first-order valence-corrected chi connectivity index (χ1v) is 15.2. The van der Waals surface area contributed by atoms with Gasteiger partial charge in [-0.3, -0.25) is 24.8 Å². The topological polar surface area (TPSA) is 107 Å². The maximum atomic E-state index is 13.0. The number of hydrogen-bond acceptors (Lipinski definition) is 7. The fraction of sp³-hybridized carbons (Fsp3) is 0.265. The summed E-state index contributed by atoms with van der Waals surface area (Å²) in [7, 11) is 2.09. The van der Waals surface area contributed by atoms with Gasteiger partial charge in [0.25, 0.3) is 5.91 Å². The van der Waals surface area contributed by atoms with Crippen molar-refractivity contribution >= 4 is 45.5 Å². The molecule has 8 rings (SSSR count). The van der Waals surface area contributed by atoms with Crippen LogP contribution in [0.3, 0.4) is 0 Å². The van der Waals surface area contributed by atoms with Crippen molar-refractivity contribution in [2.24, 2.45) is 7.05 Å². The first-order valence-electron chi connectivity index (χ1n) is 15.2. The molecule has 1 N–H and O–H groups in total. The van der Waals surface area contributed by atoms with Crippen LogP contribution in [0.4, 0.5) is 10.6 Å². The molecule has 11 heteroatoms. The average molecular weight is 601 g/mol. The van der Waals surface area contributed by atoms with E-state index in [0.29, 0.717) is 12.1 Å². The molecule has 0 unspecified atom stereocenters. The second-order valence-electron chi connectivity index (χ2n) is 11.9. The molecule has 3 aliphatic heterocycles. The predicted molar refractivity (Wildman–Crippen MR) is 170 cm³/mol. The molecule has 0 bridgehead atoms. The van der Waals surface area contributed by atoms with E-state index in [-0.39, 0.29) is 24.8 Å². The van der Waals surface area contributed by atoms with E-state index in [1.54, 1.807) is 0 Å². The molecule has 3 aliphatic rings. The number of carbonyl (C=O) groups excluding carboxylic acids is 3. The van der Waals surface area contributed by atoms with Crippen molar-refractivity contribution in [3.63, 3.8) is 0 Å². The van der Waals surface area contributed by atoms with Gasteiger partial charge in [-0.15, -0.1) is 0 Å². The normalized spacial score (nSPS) is 17.4. The third-order valence-electron chi connectivity index (χ3n) is 9.27. The Bertz CT molecular complexity index is 1990. The Morgan fingerprint density at radius 1 is 0.800 bits per heavy atom. The van der Waals surface area contributed by atoms with Crippen molar-refractivity contribution in [2.75, 3.05) is 37.6 Å². The van der Waals surface area contributed by atoms with Crippen molar-refractivity contribution in [3.05, 3.63) is 89.9 Å². The lowest BCUT2D eigenvalue weighted by Gasteiger charge is -2.35. The Balaban J connectivity index is 0.900. The van der Waals surface area contributed by atoms with E-state index in [9.17, 15) is 14.4 Å². The molecule has 226 valence electrons. The lowest BCUT2D eigenvalue weighted by Crippen LogP contribution is -2.56.